The Labute approximate surface area is 193 Å². The summed E-state index contributed by atoms with van der Waals surface area (Å²) in [6.45, 7) is 1.62. The van der Waals surface area contributed by atoms with E-state index in [4.69, 9.17) is 9.29 Å². The predicted molar refractivity (Wildman–Crippen MR) is 109 cm³/mol. The van der Waals surface area contributed by atoms with Crippen LogP contribution in [0.25, 0.3) is 0 Å². The van der Waals surface area contributed by atoms with E-state index in [1.165, 1.54) is 12.1 Å². The van der Waals surface area contributed by atoms with Crippen molar-refractivity contribution in [3.63, 3.8) is 0 Å². The van der Waals surface area contributed by atoms with Crippen LogP contribution in [0.5, 0.6) is 5.75 Å². The third-order valence-corrected chi connectivity index (χ3v) is 7.69. The lowest BCUT2D eigenvalue weighted by Gasteiger charge is -2.53. The van der Waals surface area contributed by atoms with E-state index in [2.05, 4.69) is 4.74 Å². The van der Waals surface area contributed by atoms with E-state index in [9.17, 15) is 36.0 Å². The molecule has 34 heavy (non-hydrogen) atoms. The molecule has 4 aliphatic carbocycles. The topological polar surface area (TPSA) is 124 Å². The van der Waals surface area contributed by atoms with Crippen LogP contribution >= 0.6 is 0 Å². The van der Waals surface area contributed by atoms with Gasteiger partial charge in [0.05, 0.1) is 5.41 Å². The van der Waals surface area contributed by atoms with Gasteiger partial charge in [-0.1, -0.05) is 6.07 Å². The van der Waals surface area contributed by atoms with Gasteiger partial charge in [-0.3, -0.25) is 14.1 Å². The molecule has 186 valence electrons. The van der Waals surface area contributed by atoms with Crippen LogP contribution in [0.4, 0.5) is 13.2 Å². The van der Waals surface area contributed by atoms with Crippen LogP contribution in [-0.4, -0.2) is 48.7 Å². The van der Waals surface area contributed by atoms with Crippen LogP contribution in [0.3, 0.4) is 0 Å². The maximum Gasteiger partial charge on any atom is 0.426 e. The second kappa shape index (κ2) is 8.33. The molecule has 1 N–H and O–H groups in total. The number of esters is 2. The van der Waals surface area contributed by atoms with E-state index in [0.29, 0.717) is 24.8 Å². The van der Waals surface area contributed by atoms with Crippen molar-refractivity contribution in [1.82, 2.24) is 0 Å². The second-order valence-electron chi connectivity index (χ2n) is 9.60. The summed E-state index contributed by atoms with van der Waals surface area (Å²) in [7, 11) is -5.11. The van der Waals surface area contributed by atoms with Gasteiger partial charge in [0.25, 0.3) is 10.1 Å². The first-order valence-corrected chi connectivity index (χ1v) is 12.4. The molecule has 12 heteroatoms. The highest BCUT2D eigenvalue weighted by atomic mass is 32.2. The first kappa shape index (κ1) is 24.6. The summed E-state index contributed by atoms with van der Waals surface area (Å²) in [5.74, 6) is -4.44. The number of aryl methyl sites for hydroxylation is 1. The molecule has 3 atom stereocenters. The predicted octanol–water partition coefficient (Wildman–Crippen LogP) is 3.27. The minimum atomic E-state index is -5.27. The van der Waals surface area contributed by atoms with Gasteiger partial charge in [0, 0.05) is 11.8 Å². The van der Waals surface area contributed by atoms with Crippen molar-refractivity contribution >= 4 is 27.8 Å². The van der Waals surface area contributed by atoms with Gasteiger partial charge in [0.15, 0.2) is 0 Å². The van der Waals surface area contributed by atoms with Gasteiger partial charge < -0.3 is 9.47 Å². The first-order valence-electron chi connectivity index (χ1n) is 10.8. The van der Waals surface area contributed by atoms with Crippen molar-refractivity contribution in [3.05, 3.63) is 29.3 Å². The summed E-state index contributed by atoms with van der Waals surface area (Å²) >= 11 is 0. The lowest BCUT2D eigenvalue weighted by Crippen LogP contribution is -2.55. The van der Waals surface area contributed by atoms with Crippen molar-refractivity contribution in [2.45, 2.75) is 51.3 Å². The molecule has 0 spiro atoms. The Morgan fingerprint density at radius 1 is 1.18 bits per heavy atom. The summed E-state index contributed by atoms with van der Waals surface area (Å²) in [6.07, 6.45) is -5.69. The minimum Gasteiger partial charge on any atom is -0.448 e. The average molecular weight is 504 g/mol. The Balaban J connectivity index is 1.57. The monoisotopic (exact) mass is 504 g/mol. The normalized spacial score (nSPS) is 29.1. The van der Waals surface area contributed by atoms with Crippen LogP contribution in [-0.2, 0) is 24.4 Å². The van der Waals surface area contributed by atoms with Gasteiger partial charge in [0.2, 0.25) is 6.10 Å². The number of ketones is 1. The van der Waals surface area contributed by atoms with E-state index in [-0.39, 0.29) is 29.3 Å². The quantitative estimate of drug-likeness (QED) is 0.356. The Bertz CT molecular complexity index is 1130. The molecule has 5 rings (SSSR count). The molecule has 0 aromatic heterocycles. The highest BCUT2D eigenvalue weighted by Gasteiger charge is 2.59. The van der Waals surface area contributed by atoms with Crippen LogP contribution in [0, 0.1) is 30.1 Å². The molecule has 0 radical (unpaired) electrons. The third kappa shape index (κ3) is 4.83. The van der Waals surface area contributed by atoms with E-state index < -0.39 is 51.1 Å². The van der Waals surface area contributed by atoms with E-state index in [1.54, 1.807) is 6.92 Å². The van der Waals surface area contributed by atoms with Gasteiger partial charge in [-0.05, 0) is 62.6 Å². The number of Topliss-reactive ketones (excluding diaryl/α,β-unsaturated/α-hetero) is 1. The van der Waals surface area contributed by atoms with Gasteiger partial charge >= 0.3 is 18.1 Å². The number of benzene rings is 1. The number of carbonyl (C=O) groups excluding carboxylic acids is 3. The number of rotatable bonds is 6. The second-order valence-corrected chi connectivity index (χ2v) is 11.1. The SMILES string of the molecule is Cc1ccc(C(=O)OC(CS(=O)(=O)O)C(F)(F)F)c(OC(=O)C23CC4CC(C2)C(=O)C(C4)C3)c1. The van der Waals surface area contributed by atoms with Crippen LogP contribution in [0.2, 0.25) is 0 Å². The molecule has 3 unspecified atom stereocenters. The zero-order chi connectivity index (χ0) is 25.1. The maximum atomic E-state index is 13.2. The molecule has 0 heterocycles. The standard InChI is InChI=1S/C22H23F3O8S/c1-11-2-3-15(19(27)33-17(22(23,24)25)10-34(29,30)31)16(4-11)32-20(28)21-7-12-5-13(8-21)18(26)14(6-12)9-21/h2-4,12-14,17H,5-10H2,1H3,(H,29,30,31). The molecule has 8 nitrogen and oxygen atoms in total. The van der Waals surface area contributed by atoms with Gasteiger partial charge in [-0.2, -0.15) is 21.6 Å². The zero-order valence-electron chi connectivity index (χ0n) is 18.1. The Kier molecular flexibility index (Phi) is 6.04. The first-order chi connectivity index (χ1) is 15.7. The number of alkyl halides is 3. The van der Waals surface area contributed by atoms with Gasteiger partial charge in [-0.15, -0.1) is 0 Å². The van der Waals surface area contributed by atoms with E-state index >= 15 is 0 Å². The minimum absolute atomic E-state index is 0.163. The molecule has 4 aliphatic rings. The Morgan fingerprint density at radius 3 is 2.35 bits per heavy atom. The molecule has 4 bridgehead atoms. The fraction of sp³-hybridized carbons (Fsp3) is 0.591. The molecular formula is C22H23F3O8S. The Hall–Kier alpha value is -2.47. The molecule has 4 saturated carbocycles. The fourth-order valence-electron chi connectivity index (χ4n) is 5.67. The highest BCUT2D eigenvalue weighted by molar-refractivity contribution is 7.85. The number of carbonyl (C=O) groups is 3. The number of hydrogen-bond donors (Lipinski definition) is 1. The lowest BCUT2D eigenvalue weighted by atomic mass is 9.49. The number of ether oxygens (including phenoxy) is 2. The summed E-state index contributed by atoms with van der Waals surface area (Å²) < 4.78 is 80.2. The van der Waals surface area contributed by atoms with Gasteiger partial charge in [0.1, 0.15) is 22.8 Å². The fourth-order valence-corrected chi connectivity index (χ4v) is 6.31. The molecule has 4 fully saturated rings. The van der Waals surface area contributed by atoms with Crippen molar-refractivity contribution in [2.24, 2.45) is 23.2 Å². The number of halogens is 3. The molecular weight excluding hydrogens is 481 g/mol. The smallest absolute Gasteiger partial charge is 0.426 e. The highest BCUT2D eigenvalue weighted by Crippen LogP contribution is 2.59. The molecule has 1 aromatic carbocycles. The molecule has 0 aliphatic heterocycles. The summed E-state index contributed by atoms with van der Waals surface area (Å²) in [4.78, 5) is 38.2. The van der Waals surface area contributed by atoms with Crippen molar-refractivity contribution in [3.8, 4) is 5.75 Å². The van der Waals surface area contributed by atoms with Crippen LogP contribution in [0.1, 0.15) is 48.0 Å². The maximum absolute atomic E-state index is 13.2. The number of hydrogen-bond acceptors (Lipinski definition) is 7. The van der Waals surface area contributed by atoms with Crippen molar-refractivity contribution < 1.29 is 50.0 Å². The summed E-state index contributed by atoms with van der Waals surface area (Å²) in [6, 6.07) is 3.80. The largest absolute Gasteiger partial charge is 0.448 e. The zero-order valence-corrected chi connectivity index (χ0v) is 18.9. The molecule has 1 aromatic rings. The van der Waals surface area contributed by atoms with Crippen LogP contribution in [0.15, 0.2) is 18.2 Å². The lowest BCUT2D eigenvalue weighted by molar-refractivity contribution is -0.197. The van der Waals surface area contributed by atoms with E-state index in [0.717, 1.165) is 18.9 Å². The van der Waals surface area contributed by atoms with Gasteiger partial charge in [-0.25, -0.2) is 4.79 Å². The third-order valence-electron chi connectivity index (χ3n) is 6.96. The Morgan fingerprint density at radius 2 is 1.79 bits per heavy atom. The average Bonchev–Trinajstić information content (AvgIpc) is 2.69. The summed E-state index contributed by atoms with van der Waals surface area (Å²) in [5.41, 5.74) is -0.843. The molecule has 0 saturated heterocycles. The van der Waals surface area contributed by atoms with E-state index in [1.807, 2.05) is 0 Å². The summed E-state index contributed by atoms with van der Waals surface area (Å²) in [5, 5.41) is 0. The van der Waals surface area contributed by atoms with Crippen molar-refractivity contribution in [1.29, 1.82) is 0 Å². The molecule has 0 amide bonds. The van der Waals surface area contributed by atoms with Crippen molar-refractivity contribution in [2.75, 3.05) is 5.75 Å². The van der Waals surface area contributed by atoms with Crippen LogP contribution < -0.4 is 4.74 Å².